The van der Waals surface area contributed by atoms with Gasteiger partial charge in [0.15, 0.2) is 5.75 Å². The van der Waals surface area contributed by atoms with Gasteiger partial charge in [0.2, 0.25) is 0 Å². The van der Waals surface area contributed by atoms with E-state index < -0.39 is 5.95 Å². The minimum atomic E-state index is -0.542. The molecular weight excluding hydrogens is 209 g/mol. The Morgan fingerprint density at radius 3 is 3.25 bits per heavy atom. The number of hydrogen-bond acceptors (Lipinski definition) is 3. The van der Waals surface area contributed by atoms with E-state index in [-0.39, 0.29) is 5.75 Å². The first-order valence-corrected chi connectivity index (χ1v) is 5.71. The van der Waals surface area contributed by atoms with Crippen LogP contribution in [0.25, 0.3) is 0 Å². The Hall–Kier alpha value is -1.16. The molecule has 1 aliphatic rings. The van der Waals surface area contributed by atoms with E-state index in [2.05, 4.69) is 4.98 Å². The van der Waals surface area contributed by atoms with Crippen molar-refractivity contribution >= 4 is 0 Å². The zero-order valence-electron chi connectivity index (χ0n) is 9.19. The molecule has 16 heavy (non-hydrogen) atoms. The van der Waals surface area contributed by atoms with E-state index in [0.29, 0.717) is 12.7 Å². The Morgan fingerprint density at radius 2 is 2.50 bits per heavy atom. The van der Waals surface area contributed by atoms with Crippen molar-refractivity contribution in [2.75, 3.05) is 13.2 Å². The van der Waals surface area contributed by atoms with Gasteiger partial charge in [0, 0.05) is 12.8 Å². The zero-order chi connectivity index (χ0) is 11.2. The normalized spacial score (nSPS) is 19.9. The maximum Gasteiger partial charge on any atom is 0.255 e. The van der Waals surface area contributed by atoms with Gasteiger partial charge in [-0.3, -0.25) is 0 Å². The summed E-state index contributed by atoms with van der Waals surface area (Å²) in [4.78, 5) is 3.52. The van der Waals surface area contributed by atoms with Crippen molar-refractivity contribution in [3.8, 4) is 5.75 Å². The molecule has 0 saturated carbocycles. The highest BCUT2D eigenvalue weighted by Gasteiger charge is 2.14. The SMILES string of the molecule is Fc1ncccc1OCCCC1CCCO1. The number of nitrogens with zero attached hydrogens (tertiary/aromatic N) is 1. The summed E-state index contributed by atoms with van der Waals surface area (Å²) >= 11 is 0. The number of ether oxygens (including phenoxy) is 2. The highest BCUT2D eigenvalue weighted by molar-refractivity contribution is 5.17. The smallest absolute Gasteiger partial charge is 0.255 e. The maximum atomic E-state index is 13.1. The lowest BCUT2D eigenvalue weighted by molar-refractivity contribution is 0.0979. The molecular formula is C12H16FNO2. The van der Waals surface area contributed by atoms with Crippen LogP contribution in [0.2, 0.25) is 0 Å². The first-order valence-electron chi connectivity index (χ1n) is 5.71. The van der Waals surface area contributed by atoms with Gasteiger partial charge in [-0.05, 0) is 37.8 Å². The largest absolute Gasteiger partial charge is 0.489 e. The van der Waals surface area contributed by atoms with Crippen LogP contribution in [0.5, 0.6) is 5.75 Å². The van der Waals surface area contributed by atoms with Crippen LogP contribution in [0.1, 0.15) is 25.7 Å². The van der Waals surface area contributed by atoms with Crippen molar-refractivity contribution in [2.45, 2.75) is 31.8 Å². The van der Waals surface area contributed by atoms with Crippen LogP contribution in [-0.2, 0) is 4.74 Å². The molecule has 1 aromatic heterocycles. The molecule has 1 atom stereocenters. The first-order chi connectivity index (χ1) is 7.86. The summed E-state index contributed by atoms with van der Waals surface area (Å²) < 4.78 is 23.8. The van der Waals surface area contributed by atoms with Crippen molar-refractivity contribution in [3.05, 3.63) is 24.3 Å². The number of halogens is 1. The lowest BCUT2D eigenvalue weighted by atomic mass is 10.1. The van der Waals surface area contributed by atoms with Crippen LogP contribution in [0.15, 0.2) is 18.3 Å². The molecule has 3 nitrogen and oxygen atoms in total. The van der Waals surface area contributed by atoms with Gasteiger partial charge >= 0.3 is 0 Å². The molecule has 0 aliphatic carbocycles. The maximum absolute atomic E-state index is 13.1. The third-order valence-electron chi connectivity index (χ3n) is 2.68. The summed E-state index contributed by atoms with van der Waals surface area (Å²) in [5, 5.41) is 0. The fraction of sp³-hybridized carbons (Fsp3) is 0.583. The standard InChI is InChI=1S/C12H16FNO2/c13-12-11(6-1-7-14-12)16-9-3-5-10-4-2-8-15-10/h1,6-7,10H,2-5,8-9H2. The van der Waals surface area contributed by atoms with Crippen molar-refractivity contribution in [1.29, 1.82) is 0 Å². The van der Waals surface area contributed by atoms with E-state index >= 15 is 0 Å². The number of pyridine rings is 1. The summed E-state index contributed by atoms with van der Waals surface area (Å²) in [5.41, 5.74) is 0. The average Bonchev–Trinajstić information content (AvgIpc) is 2.79. The van der Waals surface area contributed by atoms with Gasteiger partial charge in [0.1, 0.15) is 0 Å². The van der Waals surface area contributed by atoms with Crippen LogP contribution >= 0.6 is 0 Å². The summed E-state index contributed by atoms with van der Waals surface area (Å²) in [5.74, 6) is -0.311. The quantitative estimate of drug-likeness (QED) is 0.570. The third kappa shape index (κ3) is 3.17. The monoisotopic (exact) mass is 225 g/mol. The van der Waals surface area contributed by atoms with E-state index in [1.807, 2.05) is 0 Å². The molecule has 1 unspecified atom stereocenters. The molecule has 0 radical (unpaired) electrons. The van der Waals surface area contributed by atoms with Gasteiger partial charge in [-0.25, -0.2) is 4.98 Å². The lowest BCUT2D eigenvalue weighted by Crippen LogP contribution is -2.08. The van der Waals surface area contributed by atoms with Gasteiger partial charge in [-0.1, -0.05) is 0 Å². The Kier molecular flexibility index (Phi) is 4.10. The molecule has 88 valence electrons. The fourth-order valence-electron chi connectivity index (χ4n) is 1.84. The van der Waals surface area contributed by atoms with Gasteiger partial charge in [-0.2, -0.15) is 4.39 Å². The predicted molar refractivity (Wildman–Crippen MR) is 57.9 cm³/mol. The summed E-state index contributed by atoms with van der Waals surface area (Å²) in [7, 11) is 0. The number of rotatable bonds is 5. The molecule has 0 bridgehead atoms. The highest BCUT2D eigenvalue weighted by atomic mass is 19.1. The molecule has 1 fully saturated rings. The minimum Gasteiger partial charge on any atom is -0.489 e. The Morgan fingerprint density at radius 1 is 1.56 bits per heavy atom. The molecule has 2 rings (SSSR count). The van der Waals surface area contributed by atoms with Crippen molar-refractivity contribution in [2.24, 2.45) is 0 Å². The predicted octanol–water partition coefficient (Wildman–Crippen LogP) is 2.56. The second-order valence-corrected chi connectivity index (χ2v) is 3.92. The van der Waals surface area contributed by atoms with E-state index in [9.17, 15) is 4.39 Å². The Labute approximate surface area is 94.6 Å². The van der Waals surface area contributed by atoms with Gasteiger partial charge in [0.05, 0.1) is 12.7 Å². The average molecular weight is 225 g/mol. The van der Waals surface area contributed by atoms with Crippen LogP contribution in [0, 0.1) is 5.95 Å². The van der Waals surface area contributed by atoms with Gasteiger partial charge in [-0.15, -0.1) is 0 Å². The summed E-state index contributed by atoms with van der Waals surface area (Å²) in [6, 6.07) is 3.26. The summed E-state index contributed by atoms with van der Waals surface area (Å²) in [6.07, 6.45) is 5.96. The van der Waals surface area contributed by atoms with Gasteiger partial charge in [0.25, 0.3) is 5.95 Å². The van der Waals surface area contributed by atoms with E-state index in [0.717, 1.165) is 32.3 Å². The number of aromatic nitrogens is 1. The van der Waals surface area contributed by atoms with E-state index in [1.165, 1.54) is 6.20 Å². The lowest BCUT2D eigenvalue weighted by Gasteiger charge is -2.09. The molecule has 0 aromatic carbocycles. The Bertz CT molecular complexity index is 327. The van der Waals surface area contributed by atoms with Crippen molar-refractivity contribution in [1.82, 2.24) is 4.98 Å². The van der Waals surface area contributed by atoms with Crippen molar-refractivity contribution in [3.63, 3.8) is 0 Å². The third-order valence-corrected chi connectivity index (χ3v) is 2.68. The van der Waals surface area contributed by atoms with E-state index in [4.69, 9.17) is 9.47 Å². The highest BCUT2D eigenvalue weighted by Crippen LogP contribution is 2.18. The Balaban J connectivity index is 1.66. The second kappa shape index (κ2) is 5.80. The molecule has 1 aliphatic heterocycles. The van der Waals surface area contributed by atoms with E-state index in [1.54, 1.807) is 12.1 Å². The number of hydrogen-bond donors (Lipinski definition) is 0. The van der Waals surface area contributed by atoms with Gasteiger partial charge < -0.3 is 9.47 Å². The fourth-order valence-corrected chi connectivity index (χ4v) is 1.84. The van der Waals surface area contributed by atoms with Crippen LogP contribution in [0.4, 0.5) is 4.39 Å². The first kappa shape index (κ1) is 11.3. The molecule has 1 aromatic rings. The summed E-state index contributed by atoms with van der Waals surface area (Å²) in [6.45, 7) is 1.39. The van der Waals surface area contributed by atoms with Crippen LogP contribution in [-0.4, -0.2) is 24.3 Å². The molecule has 1 saturated heterocycles. The topological polar surface area (TPSA) is 31.4 Å². The second-order valence-electron chi connectivity index (χ2n) is 3.92. The molecule has 0 amide bonds. The molecule has 2 heterocycles. The van der Waals surface area contributed by atoms with Crippen LogP contribution in [0.3, 0.4) is 0 Å². The molecule has 4 heteroatoms. The zero-order valence-corrected chi connectivity index (χ0v) is 9.19. The van der Waals surface area contributed by atoms with Crippen LogP contribution < -0.4 is 4.74 Å². The molecule has 0 N–H and O–H groups in total. The van der Waals surface area contributed by atoms with Crippen molar-refractivity contribution < 1.29 is 13.9 Å². The minimum absolute atomic E-state index is 0.231. The molecule has 0 spiro atoms.